The van der Waals surface area contributed by atoms with Crippen molar-refractivity contribution in [3.8, 4) is 17.2 Å². The fourth-order valence-electron chi connectivity index (χ4n) is 2.85. The summed E-state index contributed by atoms with van der Waals surface area (Å²) in [5.41, 5.74) is 3.45. The van der Waals surface area contributed by atoms with Crippen LogP contribution in [0.5, 0.6) is 17.2 Å². The van der Waals surface area contributed by atoms with Crippen molar-refractivity contribution in [2.24, 2.45) is 5.10 Å². The average Bonchev–Trinajstić information content (AvgIpc) is 2.86. The second-order valence-electron chi connectivity index (χ2n) is 6.97. The number of hydrazone groups is 1. The van der Waals surface area contributed by atoms with Crippen LogP contribution in [0, 0.1) is 10.1 Å². The fourth-order valence-corrected chi connectivity index (χ4v) is 4.11. The van der Waals surface area contributed by atoms with Crippen LogP contribution >= 0.6 is 55.1 Å². The highest BCUT2D eigenvalue weighted by Gasteiger charge is 2.18. The highest BCUT2D eigenvalue weighted by atomic mass is 79.9. The van der Waals surface area contributed by atoms with Gasteiger partial charge in [0.05, 0.1) is 32.8 Å². The van der Waals surface area contributed by atoms with E-state index in [0.29, 0.717) is 36.1 Å². The number of nitrogens with one attached hydrogen (secondary N) is 1. The van der Waals surface area contributed by atoms with Crippen LogP contribution in [0.2, 0.25) is 10.0 Å². The molecule has 0 radical (unpaired) electrons. The van der Waals surface area contributed by atoms with Crippen LogP contribution in [0.15, 0.2) is 62.6 Å². The molecule has 0 aliphatic rings. The first-order chi connectivity index (χ1) is 17.2. The minimum Gasteiger partial charge on any atom is -0.493 e. The number of nitro groups is 1. The van der Waals surface area contributed by atoms with Crippen LogP contribution in [0.3, 0.4) is 0 Å². The summed E-state index contributed by atoms with van der Waals surface area (Å²) < 4.78 is 17.8. The number of carbonyl (C=O) groups excluding carboxylic acids is 1. The monoisotopic (exact) mass is 659 g/mol. The number of para-hydroxylation sites is 2. The molecule has 9 nitrogen and oxygen atoms in total. The SMILES string of the molecule is COc1cc(/C=N/NC(=O)COc2ccccc2[N+](=O)[O-])c(Br)c(Br)c1OCc1ccc(Cl)c(Cl)c1. The zero-order chi connectivity index (χ0) is 26.2. The summed E-state index contributed by atoms with van der Waals surface area (Å²) >= 11 is 19.0. The van der Waals surface area contributed by atoms with Gasteiger partial charge < -0.3 is 14.2 Å². The van der Waals surface area contributed by atoms with Gasteiger partial charge in [0.1, 0.15) is 6.61 Å². The summed E-state index contributed by atoms with van der Waals surface area (Å²) in [6.07, 6.45) is 1.39. The van der Waals surface area contributed by atoms with Gasteiger partial charge in [-0.05, 0) is 61.7 Å². The van der Waals surface area contributed by atoms with Crippen molar-refractivity contribution in [2.45, 2.75) is 6.61 Å². The number of hydrogen-bond acceptors (Lipinski definition) is 7. The number of ether oxygens (including phenoxy) is 3. The van der Waals surface area contributed by atoms with Gasteiger partial charge in [-0.2, -0.15) is 5.10 Å². The molecule has 0 saturated carbocycles. The van der Waals surface area contributed by atoms with E-state index in [2.05, 4.69) is 42.4 Å². The first kappa shape index (κ1) is 27.7. The van der Waals surface area contributed by atoms with Gasteiger partial charge in [0.15, 0.2) is 23.9 Å². The molecule has 3 aromatic rings. The Bertz CT molecular complexity index is 1320. The predicted molar refractivity (Wildman–Crippen MR) is 144 cm³/mol. The van der Waals surface area contributed by atoms with E-state index < -0.39 is 17.4 Å². The van der Waals surface area contributed by atoms with E-state index in [9.17, 15) is 14.9 Å². The van der Waals surface area contributed by atoms with Crippen molar-refractivity contribution >= 4 is 72.9 Å². The maximum atomic E-state index is 12.1. The second-order valence-corrected chi connectivity index (χ2v) is 9.37. The van der Waals surface area contributed by atoms with Gasteiger partial charge in [-0.25, -0.2) is 5.43 Å². The van der Waals surface area contributed by atoms with Crippen LogP contribution in [0.25, 0.3) is 0 Å². The molecule has 3 aromatic carbocycles. The normalized spacial score (nSPS) is 10.8. The number of nitrogens with zero attached hydrogens (tertiary/aromatic N) is 2. The van der Waals surface area contributed by atoms with Gasteiger partial charge in [0, 0.05) is 16.1 Å². The lowest BCUT2D eigenvalue weighted by molar-refractivity contribution is -0.385. The Hall–Kier alpha value is -2.86. The van der Waals surface area contributed by atoms with Crippen LogP contribution in [-0.2, 0) is 11.4 Å². The van der Waals surface area contributed by atoms with Gasteiger partial charge in [-0.3, -0.25) is 14.9 Å². The molecule has 0 fully saturated rings. The summed E-state index contributed by atoms with van der Waals surface area (Å²) in [5, 5.41) is 15.8. The Morgan fingerprint density at radius 3 is 2.53 bits per heavy atom. The quantitative estimate of drug-likeness (QED) is 0.150. The summed E-state index contributed by atoms with van der Waals surface area (Å²) in [5.74, 6) is 0.231. The zero-order valence-corrected chi connectivity index (χ0v) is 23.1. The summed E-state index contributed by atoms with van der Waals surface area (Å²) in [4.78, 5) is 22.5. The minimum absolute atomic E-state index is 0.0190. The van der Waals surface area contributed by atoms with Crippen LogP contribution < -0.4 is 19.6 Å². The van der Waals surface area contributed by atoms with Crippen molar-refractivity contribution < 1.29 is 23.9 Å². The zero-order valence-electron chi connectivity index (χ0n) is 18.5. The number of methoxy groups -OCH3 is 1. The van der Waals surface area contributed by atoms with E-state index >= 15 is 0 Å². The highest BCUT2D eigenvalue weighted by Crippen LogP contribution is 2.42. The molecular formula is C23H17Br2Cl2N3O6. The van der Waals surface area contributed by atoms with Crippen molar-refractivity contribution in [1.29, 1.82) is 0 Å². The number of amides is 1. The average molecular weight is 662 g/mol. The van der Waals surface area contributed by atoms with E-state index in [1.54, 1.807) is 30.3 Å². The number of halogens is 4. The Morgan fingerprint density at radius 2 is 1.83 bits per heavy atom. The van der Waals surface area contributed by atoms with Crippen LogP contribution in [-0.4, -0.2) is 30.8 Å². The van der Waals surface area contributed by atoms with Gasteiger partial charge in [-0.15, -0.1) is 0 Å². The standard InChI is InChI=1S/C23H17Br2Cl2N3O6/c1-34-19-9-14(10-28-29-20(31)12-35-18-5-3-2-4-17(18)30(32)33)21(24)22(25)23(19)36-11-13-6-7-15(26)16(27)8-13/h2-10H,11-12H2,1H3,(H,29,31)/b28-10+. The minimum atomic E-state index is -0.604. The van der Waals surface area contributed by atoms with E-state index in [4.69, 9.17) is 37.4 Å². The molecule has 0 atom stereocenters. The Labute approximate surface area is 232 Å². The number of benzene rings is 3. The predicted octanol–water partition coefficient (Wildman–Crippen LogP) is 6.54. The third-order valence-electron chi connectivity index (χ3n) is 4.56. The van der Waals surface area contributed by atoms with Crippen molar-refractivity contribution in [3.63, 3.8) is 0 Å². The van der Waals surface area contributed by atoms with Gasteiger partial charge in [0.2, 0.25) is 0 Å². The molecule has 1 N–H and O–H groups in total. The number of hydrogen-bond donors (Lipinski definition) is 1. The molecule has 0 heterocycles. The summed E-state index contributed by atoms with van der Waals surface area (Å²) in [6, 6.07) is 12.6. The third-order valence-corrected chi connectivity index (χ3v) is 7.44. The lowest BCUT2D eigenvalue weighted by Crippen LogP contribution is -2.24. The molecule has 0 bridgehead atoms. The molecule has 0 unspecified atom stereocenters. The van der Waals surface area contributed by atoms with E-state index in [1.165, 1.54) is 31.5 Å². The van der Waals surface area contributed by atoms with Gasteiger partial charge >= 0.3 is 5.69 Å². The van der Waals surface area contributed by atoms with E-state index in [1.807, 2.05) is 0 Å². The van der Waals surface area contributed by atoms with Gasteiger partial charge in [-0.1, -0.05) is 41.4 Å². The Balaban J connectivity index is 1.66. The van der Waals surface area contributed by atoms with Crippen molar-refractivity contribution in [1.82, 2.24) is 5.43 Å². The summed E-state index contributed by atoms with van der Waals surface area (Å²) in [6.45, 7) is -0.251. The van der Waals surface area contributed by atoms with Gasteiger partial charge in [0.25, 0.3) is 5.91 Å². The first-order valence-electron chi connectivity index (χ1n) is 10.0. The molecule has 13 heteroatoms. The smallest absolute Gasteiger partial charge is 0.310 e. The van der Waals surface area contributed by atoms with Crippen molar-refractivity contribution in [3.05, 3.63) is 88.8 Å². The number of rotatable bonds is 10. The third kappa shape index (κ3) is 7.10. The van der Waals surface area contributed by atoms with Crippen molar-refractivity contribution in [2.75, 3.05) is 13.7 Å². The Kier molecular flexibility index (Phi) is 9.94. The van der Waals surface area contributed by atoms with E-state index in [-0.39, 0.29) is 18.0 Å². The fraction of sp³-hybridized carbons (Fsp3) is 0.130. The van der Waals surface area contributed by atoms with Crippen LogP contribution in [0.1, 0.15) is 11.1 Å². The Morgan fingerprint density at radius 1 is 1.08 bits per heavy atom. The van der Waals surface area contributed by atoms with Crippen LogP contribution in [0.4, 0.5) is 5.69 Å². The topological polar surface area (TPSA) is 112 Å². The number of nitro benzene ring substituents is 1. The molecule has 1 amide bonds. The maximum Gasteiger partial charge on any atom is 0.310 e. The second kappa shape index (κ2) is 12.9. The maximum absolute atomic E-state index is 12.1. The largest absolute Gasteiger partial charge is 0.493 e. The molecule has 3 rings (SSSR count). The van der Waals surface area contributed by atoms with E-state index in [0.717, 1.165) is 5.56 Å². The lowest BCUT2D eigenvalue weighted by atomic mass is 10.2. The molecule has 0 spiro atoms. The summed E-state index contributed by atoms with van der Waals surface area (Å²) in [7, 11) is 1.49. The lowest BCUT2D eigenvalue weighted by Gasteiger charge is -2.15. The molecule has 0 saturated heterocycles. The molecular weight excluding hydrogens is 645 g/mol. The first-order valence-corrected chi connectivity index (χ1v) is 12.4. The molecule has 0 aliphatic carbocycles. The molecule has 0 aromatic heterocycles. The molecule has 188 valence electrons. The molecule has 36 heavy (non-hydrogen) atoms. The highest BCUT2D eigenvalue weighted by molar-refractivity contribution is 9.13. The molecule has 0 aliphatic heterocycles. The number of carbonyl (C=O) groups is 1.